The van der Waals surface area contributed by atoms with Gasteiger partial charge in [0.25, 0.3) is 5.78 Å². The number of hydrogen-bond donors (Lipinski definition) is 1. The summed E-state index contributed by atoms with van der Waals surface area (Å²) in [5.74, 6) is 1.96. The summed E-state index contributed by atoms with van der Waals surface area (Å²) in [6.07, 6.45) is 0.975. The highest BCUT2D eigenvalue weighted by Crippen LogP contribution is 2.17. The molecule has 0 radical (unpaired) electrons. The zero-order valence-electron chi connectivity index (χ0n) is 14.8. The summed E-state index contributed by atoms with van der Waals surface area (Å²) in [6, 6.07) is 7.23. The van der Waals surface area contributed by atoms with Crippen molar-refractivity contribution >= 4 is 17.4 Å². The van der Waals surface area contributed by atoms with Crippen LogP contribution in [0.4, 0.5) is 5.69 Å². The number of rotatable bonds is 5. The van der Waals surface area contributed by atoms with Crippen LogP contribution in [0.1, 0.15) is 29.7 Å². The van der Waals surface area contributed by atoms with Crippen LogP contribution in [0.3, 0.4) is 0 Å². The number of nitrogens with one attached hydrogen (secondary N) is 1. The Morgan fingerprint density at radius 2 is 1.92 bits per heavy atom. The molecule has 0 unspecified atom stereocenters. The minimum Gasteiger partial charge on any atom is -0.497 e. The lowest BCUT2D eigenvalue weighted by Crippen LogP contribution is -2.17. The first-order chi connectivity index (χ1) is 12.0. The number of carbonyl (C=O) groups excluding carboxylic acids is 1. The summed E-state index contributed by atoms with van der Waals surface area (Å²) in [6.45, 7) is 5.83. The van der Waals surface area contributed by atoms with Crippen LogP contribution in [0.25, 0.3) is 5.78 Å². The van der Waals surface area contributed by atoms with E-state index < -0.39 is 0 Å². The molecule has 0 spiro atoms. The smallest absolute Gasteiger partial charge is 0.252 e. The fourth-order valence-corrected chi connectivity index (χ4v) is 2.70. The Balaban J connectivity index is 1.82. The van der Waals surface area contributed by atoms with E-state index in [9.17, 15) is 4.79 Å². The van der Waals surface area contributed by atoms with Crippen LogP contribution in [-0.4, -0.2) is 32.6 Å². The molecule has 0 aliphatic rings. The average molecular weight is 339 g/mol. The van der Waals surface area contributed by atoms with Gasteiger partial charge in [-0.25, -0.2) is 9.50 Å². The third kappa shape index (κ3) is 3.45. The summed E-state index contributed by atoms with van der Waals surface area (Å²) < 4.78 is 6.83. The Morgan fingerprint density at radius 1 is 1.20 bits per heavy atom. The number of fused-ring (bicyclic) bond motifs is 1. The number of amides is 1. The van der Waals surface area contributed by atoms with Gasteiger partial charge in [0.2, 0.25) is 5.91 Å². The lowest BCUT2D eigenvalue weighted by Gasteiger charge is -2.11. The van der Waals surface area contributed by atoms with Crippen molar-refractivity contribution in [1.82, 2.24) is 19.6 Å². The number of hydrogen-bond acceptors (Lipinski definition) is 5. The van der Waals surface area contributed by atoms with E-state index in [0.717, 1.165) is 40.6 Å². The first-order valence-electron chi connectivity index (χ1n) is 8.17. The van der Waals surface area contributed by atoms with E-state index in [1.165, 1.54) is 0 Å². The molecule has 1 amide bonds. The minimum atomic E-state index is -0.103. The summed E-state index contributed by atoms with van der Waals surface area (Å²) in [5.41, 5.74) is 3.28. The standard InChI is InChI=1S/C18H21N5O2/c1-5-16-21-18-19-11(2)15(12(3)23(18)22-16)10-17(24)20-13-6-8-14(25-4)9-7-13/h6-9H,5,10H2,1-4H3,(H,20,24). The number of anilines is 1. The first kappa shape index (κ1) is 16.9. The molecule has 2 heterocycles. The second-order valence-electron chi connectivity index (χ2n) is 5.81. The maximum absolute atomic E-state index is 12.4. The molecule has 0 bridgehead atoms. The van der Waals surface area contributed by atoms with Crippen molar-refractivity contribution in [2.24, 2.45) is 0 Å². The van der Waals surface area contributed by atoms with E-state index in [-0.39, 0.29) is 12.3 Å². The Kier molecular flexibility index (Phi) is 4.65. The van der Waals surface area contributed by atoms with Crippen LogP contribution in [0.5, 0.6) is 5.75 Å². The molecular formula is C18H21N5O2. The minimum absolute atomic E-state index is 0.103. The highest BCUT2D eigenvalue weighted by atomic mass is 16.5. The van der Waals surface area contributed by atoms with Gasteiger partial charge in [-0.2, -0.15) is 4.98 Å². The maximum Gasteiger partial charge on any atom is 0.252 e. The Morgan fingerprint density at radius 3 is 2.56 bits per heavy atom. The van der Waals surface area contributed by atoms with E-state index in [0.29, 0.717) is 5.78 Å². The van der Waals surface area contributed by atoms with E-state index in [1.807, 2.05) is 32.9 Å². The van der Waals surface area contributed by atoms with Crippen molar-refractivity contribution in [3.05, 3.63) is 47.0 Å². The number of aromatic nitrogens is 4. The Labute approximate surface area is 146 Å². The van der Waals surface area contributed by atoms with Crippen LogP contribution in [0.15, 0.2) is 24.3 Å². The monoisotopic (exact) mass is 339 g/mol. The summed E-state index contributed by atoms with van der Waals surface area (Å²) >= 11 is 0. The summed E-state index contributed by atoms with van der Waals surface area (Å²) in [5, 5.41) is 7.33. The van der Waals surface area contributed by atoms with Gasteiger partial charge in [0.15, 0.2) is 5.82 Å². The molecular weight excluding hydrogens is 318 g/mol. The fourth-order valence-electron chi connectivity index (χ4n) is 2.70. The molecule has 3 aromatic rings. The third-order valence-corrected chi connectivity index (χ3v) is 4.12. The molecule has 7 nitrogen and oxygen atoms in total. The topological polar surface area (TPSA) is 81.4 Å². The van der Waals surface area contributed by atoms with Gasteiger partial charge in [-0.15, -0.1) is 5.10 Å². The normalized spacial score (nSPS) is 10.9. The maximum atomic E-state index is 12.4. The van der Waals surface area contributed by atoms with Gasteiger partial charge in [0, 0.05) is 29.1 Å². The molecule has 25 heavy (non-hydrogen) atoms. The summed E-state index contributed by atoms with van der Waals surface area (Å²) in [7, 11) is 1.61. The molecule has 1 aromatic carbocycles. The molecule has 0 aliphatic carbocycles. The fraction of sp³-hybridized carbons (Fsp3) is 0.333. The Bertz CT molecular complexity index is 915. The highest BCUT2D eigenvalue weighted by Gasteiger charge is 2.15. The molecule has 2 aromatic heterocycles. The van der Waals surface area contributed by atoms with Crippen LogP contribution in [-0.2, 0) is 17.6 Å². The molecule has 0 atom stereocenters. The number of benzene rings is 1. The zero-order chi connectivity index (χ0) is 18.0. The van der Waals surface area contributed by atoms with Gasteiger partial charge in [0.1, 0.15) is 5.75 Å². The van der Waals surface area contributed by atoms with E-state index in [1.54, 1.807) is 23.8 Å². The number of aryl methyl sites for hydroxylation is 3. The van der Waals surface area contributed by atoms with E-state index >= 15 is 0 Å². The van der Waals surface area contributed by atoms with Crippen molar-refractivity contribution in [2.45, 2.75) is 33.6 Å². The number of methoxy groups -OCH3 is 1. The van der Waals surface area contributed by atoms with Gasteiger partial charge in [-0.1, -0.05) is 6.92 Å². The SMILES string of the molecule is CCc1nc2nc(C)c(CC(=O)Nc3ccc(OC)cc3)c(C)n2n1. The van der Waals surface area contributed by atoms with Gasteiger partial charge in [-0.3, -0.25) is 4.79 Å². The van der Waals surface area contributed by atoms with Gasteiger partial charge in [0.05, 0.1) is 13.5 Å². The molecule has 0 saturated carbocycles. The molecule has 3 rings (SSSR count). The first-order valence-corrected chi connectivity index (χ1v) is 8.17. The number of nitrogens with zero attached hydrogens (tertiary/aromatic N) is 4. The van der Waals surface area contributed by atoms with E-state index in [4.69, 9.17) is 4.74 Å². The van der Waals surface area contributed by atoms with Crippen molar-refractivity contribution in [3.63, 3.8) is 0 Å². The highest BCUT2D eigenvalue weighted by molar-refractivity contribution is 5.92. The van der Waals surface area contributed by atoms with E-state index in [2.05, 4.69) is 20.4 Å². The van der Waals surface area contributed by atoms with Crippen LogP contribution < -0.4 is 10.1 Å². The molecule has 130 valence electrons. The average Bonchev–Trinajstić information content (AvgIpc) is 3.02. The molecule has 0 fully saturated rings. The largest absolute Gasteiger partial charge is 0.497 e. The predicted octanol–water partition coefficient (Wildman–Crippen LogP) is 2.49. The molecule has 0 aliphatic heterocycles. The number of carbonyl (C=O) groups is 1. The van der Waals surface area contributed by atoms with Crippen molar-refractivity contribution in [2.75, 3.05) is 12.4 Å². The lowest BCUT2D eigenvalue weighted by atomic mass is 10.1. The van der Waals surface area contributed by atoms with Gasteiger partial charge < -0.3 is 10.1 Å². The molecule has 7 heteroatoms. The van der Waals surface area contributed by atoms with Crippen LogP contribution >= 0.6 is 0 Å². The third-order valence-electron chi connectivity index (χ3n) is 4.12. The van der Waals surface area contributed by atoms with Crippen molar-refractivity contribution in [3.8, 4) is 5.75 Å². The summed E-state index contributed by atoms with van der Waals surface area (Å²) in [4.78, 5) is 21.3. The van der Waals surface area contributed by atoms with Crippen LogP contribution in [0, 0.1) is 13.8 Å². The molecule has 1 N–H and O–H groups in total. The zero-order valence-corrected chi connectivity index (χ0v) is 14.8. The number of ether oxygens (including phenoxy) is 1. The van der Waals surface area contributed by atoms with Crippen LogP contribution in [0.2, 0.25) is 0 Å². The molecule has 0 saturated heterocycles. The Hall–Kier alpha value is -2.96. The second-order valence-corrected chi connectivity index (χ2v) is 5.81. The predicted molar refractivity (Wildman–Crippen MR) is 95.0 cm³/mol. The van der Waals surface area contributed by atoms with Crippen molar-refractivity contribution < 1.29 is 9.53 Å². The van der Waals surface area contributed by atoms with Crippen molar-refractivity contribution in [1.29, 1.82) is 0 Å². The van der Waals surface area contributed by atoms with Gasteiger partial charge >= 0.3 is 0 Å². The second kappa shape index (κ2) is 6.88. The quantitative estimate of drug-likeness (QED) is 0.772. The van der Waals surface area contributed by atoms with Gasteiger partial charge in [-0.05, 0) is 38.1 Å². The lowest BCUT2D eigenvalue weighted by molar-refractivity contribution is -0.115.